The summed E-state index contributed by atoms with van der Waals surface area (Å²) in [7, 11) is 0. The van der Waals surface area contributed by atoms with Crippen LogP contribution in [0, 0.1) is 0 Å². The number of benzene rings is 1. The molecule has 1 amide bonds. The van der Waals surface area contributed by atoms with Crippen molar-refractivity contribution in [3.8, 4) is 0 Å². The van der Waals surface area contributed by atoms with E-state index in [2.05, 4.69) is 16.3 Å². The minimum absolute atomic E-state index is 0.0634. The first kappa shape index (κ1) is 8.29. The number of hydrogen-bond donors (Lipinski definition) is 1. The van der Waals surface area contributed by atoms with Gasteiger partial charge in [-0.3, -0.25) is 4.79 Å². The van der Waals surface area contributed by atoms with Crippen LogP contribution in [0.15, 0.2) is 48.2 Å². The number of anilines is 2. The van der Waals surface area contributed by atoms with Crippen molar-refractivity contribution < 1.29 is 4.79 Å². The molecule has 3 rings (SSSR count). The lowest BCUT2D eigenvalue weighted by atomic mass is 10.2. The Hall–Kier alpha value is -2.03. The zero-order valence-electron chi connectivity index (χ0n) is 8.10. The number of carbonyl (C=O) groups excluding carboxylic acids is 1. The number of amides is 1. The Labute approximate surface area is 87.7 Å². The summed E-state index contributed by atoms with van der Waals surface area (Å²) < 4.78 is 0. The third kappa shape index (κ3) is 1.24. The number of hydrogen-bond acceptors (Lipinski definition) is 2. The number of fused-ring (bicyclic) bond motifs is 3. The van der Waals surface area contributed by atoms with Crippen molar-refractivity contribution in [2.75, 3.05) is 16.8 Å². The largest absolute Gasteiger partial charge is 0.336 e. The maximum absolute atomic E-state index is 11.5. The van der Waals surface area contributed by atoms with Gasteiger partial charge in [-0.2, -0.15) is 0 Å². The van der Waals surface area contributed by atoms with Gasteiger partial charge >= 0.3 is 0 Å². The molecule has 0 unspecified atom stereocenters. The monoisotopic (exact) mass is 198 g/mol. The molecule has 2 aliphatic heterocycles. The molecule has 0 saturated carbocycles. The molecule has 0 fully saturated rings. The molecular weight excluding hydrogens is 188 g/mol. The van der Waals surface area contributed by atoms with E-state index in [9.17, 15) is 4.79 Å². The van der Waals surface area contributed by atoms with Gasteiger partial charge in [0, 0.05) is 18.3 Å². The topological polar surface area (TPSA) is 32.3 Å². The summed E-state index contributed by atoms with van der Waals surface area (Å²) in [6.07, 6.45) is 5.66. The molecule has 1 N–H and O–H groups in total. The average molecular weight is 198 g/mol. The Bertz CT molecular complexity index is 488. The summed E-state index contributed by atoms with van der Waals surface area (Å²) in [5, 5.41) is 2.86. The van der Waals surface area contributed by atoms with Crippen molar-refractivity contribution in [2.24, 2.45) is 0 Å². The minimum atomic E-state index is -0.0634. The molecule has 0 saturated heterocycles. The lowest BCUT2D eigenvalue weighted by molar-refractivity contribution is -0.111. The molecule has 3 heteroatoms. The Morgan fingerprint density at radius 1 is 1.27 bits per heavy atom. The van der Waals surface area contributed by atoms with Crippen molar-refractivity contribution in [1.82, 2.24) is 0 Å². The first-order chi connectivity index (χ1) is 7.34. The van der Waals surface area contributed by atoms with Gasteiger partial charge in [0.25, 0.3) is 5.91 Å². The van der Waals surface area contributed by atoms with Crippen molar-refractivity contribution in [3.63, 3.8) is 0 Å². The summed E-state index contributed by atoms with van der Waals surface area (Å²) in [5.74, 6) is -0.0634. The Kier molecular flexibility index (Phi) is 1.65. The van der Waals surface area contributed by atoms with Gasteiger partial charge in [-0.05, 0) is 18.2 Å². The highest BCUT2D eigenvalue weighted by Crippen LogP contribution is 2.33. The second kappa shape index (κ2) is 2.98. The van der Waals surface area contributed by atoms with E-state index in [0.717, 1.165) is 23.6 Å². The van der Waals surface area contributed by atoms with Crippen LogP contribution < -0.4 is 10.2 Å². The van der Waals surface area contributed by atoms with E-state index in [1.807, 2.05) is 30.3 Å². The highest BCUT2D eigenvalue weighted by atomic mass is 16.1. The van der Waals surface area contributed by atoms with Gasteiger partial charge in [0.15, 0.2) is 0 Å². The lowest BCUT2D eigenvalue weighted by Gasteiger charge is -2.20. The van der Waals surface area contributed by atoms with Crippen LogP contribution in [0.1, 0.15) is 0 Å². The minimum Gasteiger partial charge on any atom is -0.336 e. The van der Waals surface area contributed by atoms with Crippen LogP contribution in [0.25, 0.3) is 0 Å². The third-order valence-electron chi connectivity index (χ3n) is 2.62. The summed E-state index contributed by atoms with van der Waals surface area (Å²) in [6, 6.07) is 7.84. The summed E-state index contributed by atoms with van der Waals surface area (Å²) in [4.78, 5) is 13.7. The number of rotatable bonds is 0. The molecule has 0 aliphatic carbocycles. The smallest absolute Gasteiger partial charge is 0.250 e. The zero-order valence-corrected chi connectivity index (χ0v) is 8.10. The van der Waals surface area contributed by atoms with Gasteiger partial charge in [-0.25, -0.2) is 0 Å². The normalized spacial score (nSPS) is 17.7. The summed E-state index contributed by atoms with van der Waals surface area (Å²) >= 11 is 0. The van der Waals surface area contributed by atoms with E-state index in [-0.39, 0.29) is 5.91 Å². The standard InChI is InChI=1S/C12H10N2O/c15-12-8-9-4-3-7-14(9)11-6-2-1-5-10(11)13-12/h1-6,8H,7H2,(H,13,15). The van der Waals surface area contributed by atoms with Gasteiger partial charge in [0.1, 0.15) is 0 Å². The molecule has 1 aromatic carbocycles. The number of nitrogens with zero attached hydrogens (tertiary/aromatic N) is 1. The molecule has 3 nitrogen and oxygen atoms in total. The van der Waals surface area contributed by atoms with Crippen molar-refractivity contribution in [2.45, 2.75) is 0 Å². The second-order valence-electron chi connectivity index (χ2n) is 3.59. The highest BCUT2D eigenvalue weighted by molar-refractivity contribution is 6.04. The maximum Gasteiger partial charge on any atom is 0.250 e. The van der Waals surface area contributed by atoms with Crippen molar-refractivity contribution in [1.29, 1.82) is 0 Å². The zero-order chi connectivity index (χ0) is 10.3. The number of para-hydroxylation sites is 2. The molecule has 0 radical (unpaired) electrons. The van der Waals surface area contributed by atoms with E-state index in [1.165, 1.54) is 0 Å². The quantitative estimate of drug-likeness (QED) is 0.690. The molecule has 0 aromatic heterocycles. The van der Waals surface area contributed by atoms with Gasteiger partial charge in [-0.15, -0.1) is 0 Å². The highest BCUT2D eigenvalue weighted by Gasteiger charge is 2.21. The maximum atomic E-state index is 11.5. The molecule has 0 spiro atoms. The Morgan fingerprint density at radius 3 is 3.07 bits per heavy atom. The van der Waals surface area contributed by atoms with Crippen molar-refractivity contribution in [3.05, 3.63) is 48.2 Å². The van der Waals surface area contributed by atoms with Crippen LogP contribution in [-0.4, -0.2) is 12.5 Å². The van der Waals surface area contributed by atoms with Crippen LogP contribution in [0.5, 0.6) is 0 Å². The third-order valence-corrected chi connectivity index (χ3v) is 2.62. The van der Waals surface area contributed by atoms with Gasteiger partial charge in [0.05, 0.1) is 11.4 Å². The van der Waals surface area contributed by atoms with Gasteiger partial charge in [-0.1, -0.05) is 18.2 Å². The molecule has 0 bridgehead atoms. The molecule has 2 heterocycles. The fourth-order valence-electron chi connectivity index (χ4n) is 1.96. The van der Waals surface area contributed by atoms with E-state index in [0.29, 0.717) is 0 Å². The van der Waals surface area contributed by atoms with Crippen LogP contribution in [0.2, 0.25) is 0 Å². The van der Waals surface area contributed by atoms with E-state index in [1.54, 1.807) is 6.08 Å². The first-order valence-corrected chi connectivity index (χ1v) is 4.90. The first-order valence-electron chi connectivity index (χ1n) is 4.90. The fraction of sp³-hybridized carbons (Fsp3) is 0.0833. The Balaban J connectivity index is 2.18. The molecule has 2 aliphatic rings. The van der Waals surface area contributed by atoms with Crippen LogP contribution >= 0.6 is 0 Å². The van der Waals surface area contributed by atoms with E-state index in [4.69, 9.17) is 0 Å². The Morgan fingerprint density at radius 2 is 2.13 bits per heavy atom. The molecule has 15 heavy (non-hydrogen) atoms. The van der Waals surface area contributed by atoms with Crippen LogP contribution in [-0.2, 0) is 4.79 Å². The van der Waals surface area contributed by atoms with E-state index < -0.39 is 0 Å². The molecule has 74 valence electrons. The SMILES string of the molecule is O=C1C=C2C=CCN2c2ccccc2N1. The molecule has 1 aromatic rings. The lowest BCUT2D eigenvalue weighted by Crippen LogP contribution is -2.16. The average Bonchev–Trinajstić information content (AvgIpc) is 2.62. The molecular formula is C12H10N2O. The number of nitrogens with one attached hydrogen (secondary N) is 1. The number of carbonyl (C=O) groups is 1. The van der Waals surface area contributed by atoms with Crippen molar-refractivity contribution >= 4 is 17.3 Å². The number of allylic oxidation sites excluding steroid dienone is 1. The predicted octanol–water partition coefficient (Wildman–Crippen LogP) is 1.90. The van der Waals surface area contributed by atoms with E-state index >= 15 is 0 Å². The summed E-state index contributed by atoms with van der Waals surface area (Å²) in [6.45, 7) is 0.831. The molecule has 0 atom stereocenters. The van der Waals surface area contributed by atoms with Crippen LogP contribution in [0.3, 0.4) is 0 Å². The van der Waals surface area contributed by atoms with Gasteiger partial charge < -0.3 is 10.2 Å². The predicted molar refractivity (Wildman–Crippen MR) is 59.6 cm³/mol. The fourth-order valence-corrected chi connectivity index (χ4v) is 1.96. The second-order valence-corrected chi connectivity index (χ2v) is 3.59. The van der Waals surface area contributed by atoms with Gasteiger partial charge in [0.2, 0.25) is 0 Å². The van der Waals surface area contributed by atoms with Crippen LogP contribution in [0.4, 0.5) is 11.4 Å². The summed E-state index contributed by atoms with van der Waals surface area (Å²) in [5.41, 5.74) is 2.88.